The van der Waals surface area contributed by atoms with Crippen LogP contribution in [-0.2, 0) is 16.6 Å². The number of piperazine rings is 1. The van der Waals surface area contributed by atoms with Gasteiger partial charge in [-0.3, -0.25) is 4.90 Å². The molecule has 1 aliphatic rings. The van der Waals surface area contributed by atoms with Crippen molar-refractivity contribution in [3.05, 3.63) is 64.7 Å². The first kappa shape index (κ1) is 18.3. The Labute approximate surface area is 150 Å². The van der Waals surface area contributed by atoms with Crippen LogP contribution in [-0.4, -0.2) is 43.8 Å². The predicted molar refractivity (Wildman–Crippen MR) is 91.8 cm³/mol. The van der Waals surface area contributed by atoms with Crippen LogP contribution in [0.4, 0.5) is 8.78 Å². The van der Waals surface area contributed by atoms with E-state index < -0.39 is 26.6 Å². The molecule has 134 valence electrons. The Balaban J connectivity index is 1.68. The van der Waals surface area contributed by atoms with Crippen LogP contribution in [0.5, 0.6) is 0 Å². The van der Waals surface area contributed by atoms with Gasteiger partial charge in [-0.1, -0.05) is 29.8 Å². The van der Waals surface area contributed by atoms with Crippen molar-refractivity contribution in [1.82, 2.24) is 9.21 Å². The van der Waals surface area contributed by atoms with Gasteiger partial charge in [0, 0.05) is 43.8 Å². The summed E-state index contributed by atoms with van der Waals surface area (Å²) in [6.07, 6.45) is 0. The number of halogens is 3. The maximum atomic E-state index is 13.8. The first-order valence-electron chi connectivity index (χ1n) is 7.79. The lowest BCUT2D eigenvalue weighted by Gasteiger charge is -2.34. The van der Waals surface area contributed by atoms with Crippen molar-refractivity contribution in [1.29, 1.82) is 0 Å². The first-order chi connectivity index (χ1) is 11.9. The van der Waals surface area contributed by atoms with Crippen LogP contribution in [0.1, 0.15) is 5.56 Å². The third-order valence-corrected chi connectivity index (χ3v) is 6.50. The third kappa shape index (κ3) is 4.00. The average molecular weight is 387 g/mol. The number of hydrogen-bond acceptors (Lipinski definition) is 3. The molecule has 25 heavy (non-hydrogen) atoms. The molecule has 2 aromatic rings. The van der Waals surface area contributed by atoms with E-state index in [1.165, 1.54) is 4.31 Å². The Kier molecular flexibility index (Phi) is 5.38. The van der Waals surface area contributed by atoms with E-state index in [1.807, 2.05) is 24.3 Å². The van der Waals surface area contributed by atoms with E-state index in [4.69, 9.17) is 11.6 Å². The number of rotatable bonds is 4. The molecule has 0 spiro atoms. The van der Waals surface area contributed by atoms with E-state index in [9.17, 15) is 17.2 Å². The van der Waals surface area contributed by atoms with Gasteiger partial charge in [-0.2, -0.15) is 4.31 Å². The molecule has 4 nitrogen and oxygen atoms in total. The molecule has 0 aliphatic carbocycles. The predicted octanol–water partition coefficient (Wildman–Crippen LogP) is 3.12. The fraction of sp³-hybridized carbons (Fsp3) is 0.294. The number of benzene rings is 2. The minimum absolute atomic E-state index is 0.240. The molecule has 1 aliphatic heterocycles. The second-order valence-electron chi connectivity index (χ2n) is 5.85. The molecule has 1 heterocycles. The van der Waals surface area contributed by atoms with E-state index in [2.05, 4.69) is 4.90 Å². The van der Waals surface area contributed by atoms with Crippen LogP contribution < -0.4 is 0 Å². The highest BCUT2D eigenvalue weighted by atomic mass is 35.5. The van der Waals surface area contributed by atoms with Crippen LogP contribution in [0, 0.1) is 11.6 Å². The van der Waals surface area contributed by atoms with Gasteiger partial charge >= 0.3 is 0 Å². The van der Waals surface area contributed by atoms with Gasteiger partial charge in [0.2, 0.25) is 10.0 Å². The normalized spacial score (nSPS) is 16.9. The lowest BCUT2D eigenvalue weighted by Crippen LogP contribution is -2.48. The smallest absolute Gasteiger partial charge is 0.246 e. The van der Waals surface area contributed by atoms with Crippen LogP contribution in [0.15, 0.2) is 47.4 Å². The molecule has 0 unspecified atom stereocenters. The van der Waals surface area contributed by atoms with Crippen LogP contribution in [0.3, 0.4) is 0 Å². The molecule has 1 fully saturated rings. The maximum absolute atomic E-state index is 13.8. The van der Waals surface area contributed by atoms with Crippen molar-refractivity contribution >= 4 is 21.6 Å². The Morgan fingerprint density at radius 1 is 1.00 bits per heavy atom. The molecule has 0 aromatic heterocycles. The minimum atomic E-state index is -3.97. The van der Waals surface area contributed by atoms with Crippen molar-refractivity contribution in [2.45, 2.75) is 11.4 Å². The number of hydrogen-bond donors (Lipinski definition) is 0. The van der Waals surface area contributed by atoms with E-state index >= 15 is 0 Å². The number of nitrogens with zero attached hydrogens (tertiary/aromatic N) is 2. The summed E-state index contributed by atoms with van der Waals surface area (Å²) in [5.74, 6) is -1.88. The molecule has 0 bridgehead atoms. The van der Waals surface area contributed by atoms with Crippen LogP contribution in [0.25, 0.3) is 0 Å². The van der Waals surface area contributed by atoms with E-state index in [-0.39, 0.29) is 13.1 Å². The average Bonchev–Trinajstić information content (AvgIpc) is 2.57. The fourth-order valence-corrected chi connectivity index (χ4v) is 4.48. The molecule has 2 aromatic carbocycles. The lowest BCUT2D eigenvalue weighted by molar-refractivity contribution is 0.181. The maximum Gasteiger partial charge on any atom is 0.246 e. The van der Waals surface area contributed by atoms with E-state index in [0.717, 1.165) is 17.7 Å². The molecule has 0 N–H and O–H groups in total. The summed E-state index contributed by atoms with van der Waals surface area (Å²) in [5, 5.41) is 0.672. The summed E-state index contributed by atoms with van der Waals surface area (Å²) >= 11 is 6.15. The largest absolute Gasteiger partial charge is 0.296 e. The molecule has 0 atom stereocenters. The summed E-state index contributed by atoms with van der Waals surface area (Å²) in [5.41, 5.74) is 0.977. The molecule has 0 saturated carbocycles. The molecule has 1 saturated heterocycles. The zero-order chi connectivity index (χ0) is 18.0. The summed E-state index contributed by atoms with van der Waals surface area (Å²) in [6, 6.07) is 10.0. The minimum Gasteiger partial charge on any atom is -0.296 e. The van der Waals surface area contributed by atoms with Crippen molar-refractivity contribution < 1.29 is 17.2 Å². The van der Waals surface area contributed by atoms with Gasteiger partial charge < -0.3 is 0 Å². The zero-order valence-electron chi connectivity index (χ0n) is 13.3. The first-order valence-corrected chi connectivity index (χ1v) is 9.61. The summed E-state index contributed by atoms with van der Waals surface area (Å²) < 4.78 is 53.2. The van der Waals surface area contributed by atoms with E-state index in [1.54, 1.807) is 0 Å². The van der Waals surface area contributed by atoms with Gasteiger partial charge in [-0.05, 0) is 23.8 Å². The zero-order valence-corrected chi connectivity index (χ0v) is 14.9. The van der Waals surface area contributed by atoms with Gasteiger partial charge in [0.15, 0.2) is 0 Å². The fourth-order valence-electron chi connectivity index (χ4n) is 2.82. The summed E-state index contributed by atoms with van der Waals surface area (Å²) in [6.45, 7) is 2.12. The highest BCUT2D eigenvalue weighted by Crippen LogP contribution is 2.23. The van der Waals surface area contributed by atoms with Crippen LogP contribution in [0.2, 0.25) is 5.02 Å². The molecule has 0 amide bonds. The van der Waals surface area contributed by atoms with Crippen molar-refractivity contribution in [3.8, 4) is 0 Å². The van der Waals surface area contributed by atoms with Crippen molar-refractivity contribution in [2.75, 3.05) is 26.2 Å². The Morgan fingerprint density at radius 3 is 2.32 bits per heavy atom. The van der Waals surface area contributed by atoms with Gasteiger partial charge in [-0.25, -0.2) is 17.2 Å². The molecule has 3 rings (SSSR count). The van der Waals surface area contributed by atoms with Gasteiger partial charge in [0.1, 0.15) is 16.5 Å². The molecule has 0 radical (unpaired) electrons. The standard InChI is InChI=1S/C17H17ClF2N2O2S/c18-15-4-2-1-3-13(15)12-21-7-9-22(10-8-21)25(23,24)17-6-5-14(19)11-16(17)20/h1-6,11H,7-10,12H2. The summed E-state index contributed by atoms with van der Waals surface area (Å²) in [4.78, 5) is 1.60. The Hall–Kier alpha value is -1.54. The van der Waals surface area contributed by atoms with Gasteiger partial charge in [-0.15, -0.1) is 0 Å². The second kappa shape index (κ2) is 7.37. The monoisotopic (exact) mass is 386 g/mol. The third-order valence-electron chi connectivity index (χ3n) is 4.19. The molecule has 8 heteroatoms. The summed E-state index contributed by atoms with van der Waals surface area (Å²) in [7, 11) is -3.97. The SMILES string of the molecule is O=S(=O)(c1ccc(F)cc1F)N1CCN(Cc2ccccc2Cl)CC1. The number of sulfonamides is 1. The quantitative estimate of drug-likeness (QED) is 0.810. The highest BCUT2D eigenvalue weighted by Gasteiger charge is 2.30. The second-order valence-corrected chi connectivity index (χ2v) is 8.16. The van der Waals surface area contributed by atoms with Crippen LogP contribution >= 0.6 is 11.6 Å². The molecular formula is C17H17ClF2N2O2S. The van der Waals surface area contributed by atoms with Crippen molar-refractivity contribution in [2.24, 2.45) is 0 Å². The topological polar surface area (TPSA) is 40.6 Å². The Morgan fingerprint density at radius 2 is 1.68 bits per heavy atom. The Bertz CT molecular complexity index is 869. The van der Waals surface area contributed by atoms with E-state index in [0.29, 0.717) is 30.7 Å². The van der Waals surface area contributed by atoms with Gasteiger partial charge in [0.05, 0.1) is 0 Å². The molecular weight excluding hydrogens is 370 g/mol. The highest BCUT2D eigenvalue weighted by molar-refractivity contribution is 7.89. The van der Waals surface area contributed by atoms with Gasteiger partial charge in [0.25, 0.3) is 0 Å². The van der Waals surface area contributed by atoms with Crippen molar-refractivity contribution in [3.63, 3.8) is 0 Å². The lowest BCUT2D eigenvalue weighted by atomic mass is 10.2.